The number of halogens is 1. The summed E-state index contributed by atoms with van der Waals surface area (Å²) in [6, 6.07) is 4.79. The summed E-state index contributed by atoms with van der Waals surface area (Å²) < 4.78 is 13.2. The fourth-order valence-corrected chi connectivity index (χ4v) is 3.07. The van der Waals surface area contributed by atoms with Crippen molar-refractivity contribution in [3.8, 4) is 0 Å². The van der Waals surface area contributed by atoms with Crippen LogP contribution in [0.5, 0.6) is 0 Å². The number of hydrogen-bond acceptors (Lipinski definition) is 3. The summed E-state index contributed by atoms with van der Waals surface area (Å²) in [6.07, 6.45) is 3.90. The Morgan fingerprint density at radius 2 is 2.06 bits per heavy atom. The Morgan fingerprint density at radius 3 is 2.69 bits per heavy atom. The Balaban J connectivity index is 1.96. The van der Waals surface area contributed by atoms with Crippen LogP contribution in [0.3, 0.4) is 0 Å². The minimum Gasteiger partial charge on any atom is -0.396 e. The Hall–Kier alpha value is -0.740. The summed E-state index contributed by atoms with van der Waals surface area (Å²) in [4.78, 5) is 0.826. The highest BCUT2D eigenvalue weighted by Crippen LogP contribution is 2.35. The number of benzene rings is 1. The van der Waals surface area contributed by atoms with E-state index < -0.39 is 5.60 Å². The molecule has 1 fully saturated rings. The van der Waals surface area contributed by atoms with Crippen molar-refractivity contribution in [2.75, 3.05) is 11.5 Å². The average molecular weight is 241 g/mol. The summed E-state index contributed by atoms with van der Waals surface area (Å²) >= 11 is 1.49. The second kappa shape index (κ2) is 4.63. The number of nitrogens with two attached hydrogens (primary N) is 1. The van der Waals surface area contributed by atoms with Crippen molar-refractivity contribution in [2.45, 2.75) is 36.2 Å². The maximum absolute atomic E-state index is 13.2. The molecule has 2 rings (SSSR count). The minimum absolute atomic E-state index is 0.170. The third-order valence-electron chi connectivity index (χ3n) is 3.01. The van der Waals surface area contributed by atoms with Crippen molar-refractivity contribution in [2.24, 2.45) is 0 Å². The summed E-state index contributed by atoms with van der Waals surface area (Å²) in [7, 11) is 0. The molecule has 0 saturated heterocycles. The van der Waals surface area contributed by atoms with Gasteiger partial charge in [0, 0.05) is 10.6 Å². The molecule has 1 aromatic rings. The molecule has 0 bridgehead atoms. The van der Waals surface area contributed by atoms with Crippen LogP contribution in [0, 0.1) is 5.82 Å². The highest BCUT2D eigenvalue weighted by Gasteiger charge is 2.30. The fraction of sp³-hybridized carbons (Fsp3) is 0.500. The number of aliphatic hydroxyl groups is 1. The molecular formula is C12H16FNOS. The molecular weight excluding hydrogens is 225 g/mol. The van der Waals surface area contributed by atoms with E-state index in [0.717, 1.165) is 30.6 Å². The third kappa shape index (κ3) is 2.68. The highest BCUT2D eigenvalue weighted by atomic mass is 32.2. The van der Waals surface area contributed by atoms with Gasteiger partial charge in [0.1, 0.15) is 5.82 Å². The van der Waals surface area contributed by atoms with Gasteiger partial charge < -0.3 is 10.8 Å². The Kier molecular flexibility index (Phi) is 3.40. The van der Waals surface area contributed by atoms with Crippen LogP contribution in [0.15, 0.2) is 23.1 Å². The molecule has 0 heterocycles. The SMILES string of the molecule is Nc1ccc(SCC2(O)CCCC2)cc1F. The quantitative estimate of drug-likeness (QED) is 0.632. The maximum Gasteiger partial charge on any atom is 0.147 e. The predicted octanol–water partition coefficient (Wildman–Crippen LogP) is 2.81. The highest BCUT2D eigenvalue weighted by molar-refractivity contribution is 7.99. The van der Waals surface area contributed by atoms with Gasteiger partial charge in [0.05, 0.1) is 11.3 Å². The zero-order chi connectivity index (χ0) is 11.6. The zero-order valence-corrected chi connectivity index (χ0v) is 9.89. The minimum atomic E-state index is -0.553. The van der Waals surface area contributed by atoms with Crippen LogP contribution >= 0.6 is 11.8 Å². The van der Waals surface area contributed by atoms with Gasteiger partial charge in [0.25, 0.3) is 0 Å². The van der Waals surface area contributed by atoms with E-state index in [1.54, 1.807) is 12.1 Å². The van der Waals surface area contributed by atoms with Crippen LogP contribution in [0.2, 0.25) is 0 Å². The van der Waals surface area contributed by atoms with Gasteiger partial charge in [-0.1, -0.05) is 12.8 Å². The van der Waals surface area contributed by atoms with E-state index in [1.807, 2.05) is 0 Å². The van der Waals surface area contributed by atoms with E-state index >= 15 is 0 Å². The normalized spacial score (nSPS) is 18.9. The van der Waals surface area contributed by atoms with E-state index in [-0.39, 0.29) is 11.5 Å². The molecule has 3 N–H and O–H groups in total. The molecule has 1 aromatic carbocycles. The maximum atomic E-state index is 13.2. The number of nitrogen functional groups attached to an aromatic ring is 1. The van der Waals surface area contributed by atoms with Crippen LogP contribution in [0.1, 0.15) is 25.7 Å². The number of anilines is 1. The summed E-state index contributed by atoms with van der Waals surface area (Å²) in [5, 5.41) is 10.1. The number of thioether (sulfide) groups is 1. The first-order valence-electron chi connectivity index (χ1n) is 5.49. The molecule has 88 valence electrons. The van der Waals surface area contributed by atoms with Crippen molar-refractivity contribution < 1.29 is 9.50 Å². The Labute approximate surface area is 99.0 Å². The first-order valence-corrected chi connectivity index (χ1v) is 6.48. The van der Waals surface area contributed by atoms with Gasteiger partial charge >= 0.3 is 0 Å². The predicted molar refractivity (Wildman–Crippen MR) is 65.0 cm³/mol. The average Bonchev–Trinajstić information content (AvgIpc) is 2.68. The van der Waals surface area contributed by atoms with Crippen molar-refractivity contribution in [3.63, 3.8) is 0 Å². The monoisotopic (exact) mass is 241 g/mol. The van der Waals surface area contributed by atoms with Crippen LogP contribution in [0.25, 0.3) is 0 Å². The Morgan fingerprint density at radius 1 is 1.38 bits per heavy atom. The van der Waals surface area contributed by atoms with Crippen molar-refractivity contribution in [3.05, 3.63) is 24.0 Å². The van der Waals surface area contributed by atoms with Gasteiger partial charge in [-0.3, -0.25) is 0 Å². The lowest BCUT2D eigenvalue weighted by Gasteiger charge is -2.21. The lowest BCUT2D eigenvalue weighted by Crippen LogP contribution is -2.26. The van der Waals surface area contributed by atoms with Gasteiger partial charge in [-0.15, -0.1) is 11.8 Å². The van der Waals surface area contributed by atoms with Crippen LogP contribution in [0.4, 0.5) is 10.1 Å². The molecule has 0 unspecified atom stereocenters. The molecule has 2 nitrogen and oxygen atoms in total. The van der Waals surface area contributed by atoms with Crippen LogP contribution in [-0.2, 0) is 0 Å². The fourth-order valence-electron chi connectivity index (χ4n) is 1.99. The second-order valence-electron chi connectivity index (χ2n) is 4.40. The second-order valence-corrected chi connectivity index (χ2v) is 5.45. The zero-order valence-electron chi connectivity index (χ0n) is 9.08. The van der Waals surface area contributed by atoms with Gasteiger partial charge in [-0.05, 0) is 31.0 Å². The molecule has 0 amide bonds. The Bertz CT molecular complexity index is 377. The molecule has 1 aliphatic rings. The summed E-state index contributed by atoms with van der Waals surface area (Å²) in [5.74, 6) is 0.250. The van der Waals surface area contributed by atoms with Gasteiger partial charge in [-0.25, -0.2) is 4.39 Å². The van der Waals surface area contributed by atoms with E-state index in [2.05, 4.69) is 0 Å². The van der Waals surface area contributed by atoms with Gasteiger partial charge in [0.2, 0.25) is 0 Å². The molecule has 0 radical (unpaired) electrons. The topological polar surface area (TPSA) is 46.2 Å². The largest absolute Gasteiger partial charge is 0.396 e. The first-order chi connectivity index (χ1) is 7.59. The number of rotatable bonds is 3. The lowest BCUT2D eigenvalue weighted by molar-refractivity contribution is 0.0732. The van der Waals surface area contributed by atoms with Crippen molar-refractivity contribution >= 4 is 17.4 Å². The molecule has 0 aromatic heterocycles. The summed E-state index contributed by atoms with van der Waals surface area (Å²) in [6.45, 7) is 0. The lowest BCUT2D eigenvalue weighted by atomic mass is 10.1. The summed E-state index contributed by atoms with van der Waals surface area (Å²) in [5.41, 5.74) is 5.02. The van der Waals surface area contributed by atoms with E-state index in [9.17, 15) is 9.50 Å². The third-order valence-corrected chi connectivity index (χ3v) is 4.28. The first kappa shape index (κ1) is 11.7. The van der Waals surface area contributed by atoms with Crippen LogP contribution in [-0.4, -0.2) is 16.5 Å². The van der Waals surface area contributed by atoms with Crippen molar-refractivity contribution in [1.82, 2.24) is 0 Å². The molecule has 16 heavy (non-hydrogen) atoms. The molecule has 0 spiro atoms. The molecule has 1 saturated carbocycles. The van der Waals surface area contributed by atoms with E-state index in [1.165, 1.54) is 17.8 Å². The molecule has 0 aliphatic heterocycles. The number of hydrogen-bond donors (Lipinski definition) is 2. The molecule has 0 atom stereocenters. The standard InChI is InChI=1S/C12H16FNOS/c13-10-7-9(3-4-11(10)14)16-8-12(15)5-1-2-6-12/h3-4,7,15H,1-2,5-6,8,14H2. The molecule has 4 heteroatoms. The molecule has 1 aliphatic carbocycles. The smallest absolute Gasteiger partial charge is 0.147 e. The van der Waals surface area contributed by atoms with E-state index in [4.69, 9.17) is 5.73 Å². The van der Waals surface area contributed by atoms with Gasteiger partial charge in [0.15, 0.2) is 0 Å². The van der Waals surface area contributed by atoms with Gasteiger partial charge in [-0.2, -0.15) is 0 Å². The van der Waals surface area contributed by atoms with Crippen LogP contribution < -0.4 is 5.73 Å². The van der Waals surface area contributed by atoms with E-state index in [0.29, 0.717) is 5.75 Å². The van der Waals surface area contributed by atoms with Crippen molar-refractivity contribution in [1.29, 1.82) is 0 Å².